The van der Waals surface area contributed by atoms with Gasteiger partial charge in [0.2, 0.25) is 5.72 Å². The minimum atomic E-state index is -1.04. The molecule has 0 bridgehead atoms. The largest absolute Gasteiger partial charge is 0.550 e. The van der Waals surface area contributed by atoms with E-state index in [9.17, 15) is 14.7 Å². The highest BCUT2D eigenvalue weighted by Crippen LogP contribution is 2.45. The Balaban J connectivity index is 1.36. The van der Waals surface area contributed by atoms with Crippen LogP contribution in [0.5, 0.6) is 0 Å². The van der Waals surface area contributed by atoms with Gasteiger partial charge in [-0.15, -0.1) is 0 Å². The SMILES string of the molecule is CC[C@@H]1C=CCC[C@@]2(C[C@@H]3CC[C@@H]4[C@H](C(=O)OCCCCCC(=O)[O-])[C@]5(CCC[C@@H](C)O5)NC(=[N+]34)N2)O1. The number of nitrogens with zero attached hydrogens (tertiary/aromatic N) is 1. The van der Waals surface area contributed by atoms with E-state index in [2.05, 4.69) is 41.2 Å². The lowest BCUT2D eigenvalue weighted by molar-refractivity contribution is -0.609. The number of carboxylic acid groups (broad SMARTS) is 1. The molecule has 5 heterocycles. The standard InChI is InChI=1S/C28H43N3O6/c1-3-21-11-6-7-15-27(37-21)18-20-13-14-22-24(25(34)35-17-8-4-5-12-23(32)33)28(16-9-10-19(2)36-28)30-26(29-27)31(20)22/h6,11,19-22,24H,3-5,7-10,12-18H2,1-2H3,(H2,29,30,32,33)/t19-,20+,21-,22-,24-,27+,28-/m1/s1. The topological polar surface area (TPSA) is 112 Å². The van der Waals surface area contributed by atoms with Crippen molar-refractivity contribution >= 4 is 17.9 Å². The quantitative estimate of drug-likeness (QED) is 0.218. The Labute approximate surface area is 220 Å². The van der Waals surface area contributed by atoms with Crippen molar-refractivity contribution in [2.45, 2.75) is 133 Å². The van der Waals surface area contributed by atoms with Crippen LogP contribution in [0.1, 0.15) is 97.3 Å². The van der Waals surface area contributed by atoms with Gasteiger partial charge in [0.05, 0.1) is 30.9 Å². The highest BCUT2D eigenvalue weighted by Gasteiger charge is 2.64. The van der Waals surface area contributed by atoms with Crippen LogP contribution in [-0.2, 0) is 23.8 Å². The van der Waals surface area contributed by atoms with E-state index in [4.69, 9.17) is 14.2 Å². The van der Waals surface area contributed by atoms with E-state index >= 15 is 0 Å². The predicted molar refractivity (Wildman–Crippen MR) is 134 cm³/mol. The third-order valence-corrected chi connectivity index (χ3v) is 8.87. The number of allylic oxidation sites excluding steroid dienone is 1. The maximum absolute atomic E-state index is 13.7. The summed E-state index contributed by atoms with van der Waals surface area (Å²) in [6.45, 7) is 4.53. The summed E-state index contributed by atoms with van der Waals surface area (Å²) >= 11 is 0. The zero-order valence-corrected chi connectivity index (χ0v) is 22.3. The molecule has 0 aliphatic carbocycles. The third kappa shape index (κ3) is 5.39. The molecule has 5 aliphatic rings. The molecule has 9 nitrogen and oxygen atoms in total. The Kier molecular flexibility index (Phi) is 7.82. The lowest BCUT2D eigenvalue weighted by Crippen LogP contribution is -2.76. The van der Waals surface area contributed by atoms with Gasteiger partial charge in [0.25, 0.3) is 0 Å². The third-order valence-electron chi connectivity index (χ3n) is 8.87. The molecule has 0 unspecified atom stereocenters. The number of esters is 1. The van der Waals surface area contributed by atoms with Crippen molar-refractivity contribution in [2.75, 3.05) is 6.61 Å². The first-order chi connectivity index (χ1) is 17.8. The van der Waals surface area contributed by atoms with Gasteiger partial charge in [0, 0.05) is 25.2 Å². The van der Waals surface area contributed by atoms with Crippen molar-refractivity contribution in [2.24, 2.45) is 5.92 Å². The van der Waals surface area contributed by atoms with Gasteiger partial charge < -0.3 is 24.1 Å². The zero-order chi connectivity index (χ0) is 26.0. The van der Waals surface area contributed by atoms with Gasteiger partial charge in [-0.25, -0.2) is 10.6 Å². The molecule has 2 saturated heterocycles. The minimum Gasteiger partial charge on any atom is -0.550 e. The molecule has 206 valence electrons. The minimum absolute atomic E-state index is 0.00728. The fourth-order valence-electron chi connectivity index (χ4n) is 7.21. The summed E-state index contributed by atoms with van der Waals surface area (Å²) in [5, 5.41) is 18.1. The Bertz CT molecular complexity index is 937. The van der Waals surface area contributed by atoms with Crippen LogP contribution in [-0.4, -0.2) is 64.8 Å². The monoisotopic (exact) mass is 517 g/mol. The van der Waals surface area contributed by atoms with E-state index in [0.717, 1.165) is 63.7 Å². The van der Waals surface area contributed by atoms with E-state index in [1.54, 1.807) is 0 Å². The number of carbonyl (C=O) groups is 2. The van der Waals surface area contributed by atoms with Crippen LogP contribution in [0.4, 0.5) is 0 Å². The van der Waals surface area contributed by atoms with Crippen LogP contribution in [0.3, 0.4) is 0 Å². The molecule has 0 aromatic rings. The number of aliphatic carboxylic acids is 1. The van der Waals surface area contributed by atoms with Crippen LogP contribution in [0.25, 0.3) is 0 Å². The molecule has 37 heavy (non-hydrogen) atoms. The summed E-state index contributed by atoms with van der Waals surface area (Å²) in [6, 6.07) is 0.301. The van der Waals surface area contributed by atoms with Gasteiger partial charge in [0.1, 0.15) is 0 Å². The molecule has 0 radical (unpaired) electrons. The second-order valence-electron chi connectivity index (χ2n) is 11.6. The summed E-state index contributed by atoms with van der Waals surface area (Å²) in [5.41, 5.74) is -1.24. The molecule has 0 aromatic heterocycles. The molecule has 5 rings (SSSR count). The fraction of sp³-hybridized carbons (Fsp3) is 0.821. The average molecular weight is 518 g/mol. The molecule has 0 amide bonds. The summed E-state index contributed by atoms with van der Waals surface area (Å²) < 4.78 is 21.5. The number of unbranched alkanes of at least 4 members (excludes halogenated alkanes) is 2. The summed E-state index contributed by atoms with van der Waals surface area (Å²) in [6.07, 6.45) is 14.8. The van der Waals surface area contributed by atoms with Gasteiger partial charge in [0.15, 0.2) is 11.6 Å². The van der Waals surface area contributed by atoms with Crippen molar-refractivity contribution in [1.29, 1.82) is 0 Å². The van der Waals surface area contributed by atoms with Crippen molar-refractivity contribution < 1.29 is 33.5 Å². The number of hydrogen-bond acceptors (Lipinski definition) is 8. The van der Waals surface area contributed by atoms with Crippen LogP contribution >= 0.6 is 0 Å². The number of hydrogen-bond donors (Lipinski definition) is 2. The lowest BCUT2D eigenvalue weighted by Gasteiger charge is -2.50. The van der Waals surface area contributed by atoms with Gasteiger partial charge in [-0.1, -0.05) is 19.1 Å². The van der Waals surface area contributed by atoms with Gasteiger partial charge in [-0.3, -0.25) is 9.37 Å². The van der Waals surface area contributed by atoms with Crippen LogP contribution < -0.4 is 15.7 Å². The molecular weight excluding hydrogens is 474 g/mol. The number of guanidine groups is 1. The number of carboxylic acids is 1. The van der Waals surface area contributed by atoms with Crippen LogP contribution in [0, 0.1) is 5.92 Å². The summed E-state index contributed by atoms with van der Waals surface area (Å²) in [5.74, 6) is -0.738. The fourth-order valence-corrected chi connectivity index (χ4v) is 7.21. The highest BCUT2D eigenvalue weighted by atomic mass is 16.6. The Morgan fingerprint density at radius 2 is 2.03 bits per heavy atom. The maximum Gasteiger partial charge on any atom is 0.350 e. The van der Waals surface area contributed by atoms with Gasteiger partial charge in [-0.05, 0) is 71.1 Å². The van der Waals surface area contributed by atoms with E-state index in [1.165, 1.54) is 0 Å². The van der Waals surface area contributed by atoms with Gasteiger partial charge in [-0.2, -0.15) is 0 Å². The van der Waals surface area contributed by atoms with Crippen molar-refractivity contribution in [3.63, 3.8) is 0 Å². The van der Waals surface area contributed by atoms with Crippen molar-refractivity contribution in [1.82, 2.24) is 10.6 Å². The summed E-state index contributed by atoms with van der Waals surface area (Å²) in [4.78, 5) is 24.3. The molecule has 7 atom stereocenters. The van der Waals surface area contributed by atoms with Crippen LogP contribution in [0.15, 0.2) is 12.2 Å². The zero-order valence-electron chi connectivity index (χ0n) is 22.3. The second-order valence-corrected chi connectivity index (χ2v) is 11.6. The smallest absolute Gasteiger partial charge is 0.350 e. The van der Waals surface area contributed by atoms with Crippen LogP contribution in [0.2, 0.25) is 0 Å². The molecule has 0 saturated carbocycles. The molecule has 2 fully saturated rings. The molecule has 2 N–H and O–H groups in total. The molecule has 9 heteroatoms. The predicted octanol–water partition coefficient (Wildman–Crippen LogP) is 2.08. The van der Waals surface area contributed by atoms with Gasteiger partial charge >= 0.3 is 11.9 Å². The number of carbonyl (C=O) groups excluding carboxylic acids is 2. The molecule has 2 spiro atoms. The number of ether oxygens (including phenoxy) is 3. The maximum atomic E-state index is 13.7. The first-order valence-corrected chi connectivity index (χ1v) is 14.5. The van der Waals surface area contributed by atoms with E-state index in [1.807, 2.05) is 0 Å². The number of rotatable bonds is 8. The lowest BCUT2D eigenvalue weighted by atomic mass is 9.80. The van der Waals surface area contributed by atoms with Crippen molar-refractivity contribution in [3.05, 3.63) is 12.2 Å². The summed E-state index contributed by atoms with van der Waals surface area (Å²) in [7, 11) is 0. The average Bonchev–Trinajstić information content (AvgIpc) is 3.15. The Morgan fingerprint density at radius 3 is 2.81 bits per heavy atom. The Hall–Kier alpha value is -2.13. The number of nitrogens with one attached hydrogen (secondary N) is 2. The first-order valence-electron chi connectivity index (χ1n) is 14.5. The van der Waals surface area contributed by atoms with E-state index in [0.29, 0.717) is 31.9 Å². The van der Waals surface area contributed by atoms with Crippen molar-refractivity contribution in [3.8, 4) is 0 Å². The van der Waals surface area contributed by atoms with E-state index in [-0.39, 0.29) is 30.6 Å². The molecular formula is C28H43N3O6. The first kappa shape index (κ1) is 26.5. The highest BCUT2D eigenvalue weighted by molar-refractivity contribution is 5.82. The Morgan fingerprint density at radius 1 is 1.16 bits per heavy atom. The molecule has 5 aliphatic heterocycles. The normalized spacial score (nSPS) is 38.6. The van der Waals surface area contributed by atoms with E-state index < -0.39 is 23.3 Å². The second kappa shape index (κ2) is 10.9. The molecule has 0 aromatic carbocycles.